The number of hydrogen-bond donors (Lipinski definition) is 5. The third kappa shape index (κ3) is 6.76. The molecule has 2 aliphatic heterocycles. The van der Waals surface area contributed by atoms with Crippen molar-refractivity contribution in [1.82, 2.24) is 25.8 Å². The van der Waals surface area contributed by atoms with Gasteiger partial charge in [0.15, 0.2) is 0 Å². The van der Waals surface area contributed by atoms with Crippen LogP contribution in [0, 0.1) is 5.41 Å². The van der Waals surface area contributed by atoms with Crippen molar-refractivity contribution in [3.63, 3.8) is 0 Å². The van der Waals surface area contributed by atoms with E-state index in [0.717, 1.165) is 30.5 Å². The molecule has 3 rings (SSSR count). The normalized spacial score (nSPS) is 18.8. The topological polar surface area (TPSA) is 150 Å². The van der Waals surface area contributed by atoms with E-state index in [9.17, 15) is 19.5 Å². The van der Waals surface area contributed by atoms with Crippen LogP contribution in [0.1, 0.15) is 36.8 Å². The van der Waals surface area contributed by atoms with E-state index in [4.69, 9.17) is 5.41 Å². The van der Waals surface area contributed by atoms with Gasteiger partial charge in [0.2, 0.25) is 12.3 Å². The van der Waals surface area contributed by atoms with E-state index in [2.05, 4.69) is 20.9 Å². The van der Waals surface area contributed by atoms with Crippen molar-refractivity contribution in [2.75, 3.05) is 40.3 Å². The van der Waals surface area contributed by atoms with Crippen LogP contribution in [0.2, 0.25) is 0 Å². The lowest BCUT2D eigenvalue weighted by Gasteiger charge is -2.39. The number of amides is 3. The smallest absolute Gasteiger partial charge is 0.279 e. The molecule has 0 atom stereocenters. The molecule has 0 spiro atoms. The van der Waals surface area contributed by atoms with Crippen LogP contribution in [0.5, 0.6) is 0 Å². The summed E-state index contributed by atoms with van der Waals surface area (Å²) in [5, 5.41) is 28.3. The molecule has 36 heavy (non-hydrogen) atoms. The zero-order valence-corrected chi connectivity index (χ0v) is 20.8. The van der Waals surface area contributed by atoms with Gasteiger partial charge in [0.1, 0.15) is 11.4 Å². The monoisotopic (exact) mass is 497 g/mol. The van der Waals surface area contributed by atoms with Crippen LogP contribution in [0.3, 0.4) is 0 Å². The van der Waals surface area contributed by atoms with Crippen molar-refractivity contribution in [1.29, 1.82) is 5.41 Å². The Kier molecular flexibility index (Phi) is 9.31. The summed E-state index contributed by atoms with van der Waals surface area (Å²) in [6.45, 7) is 2.06. The number of piperidine rings is 1. The maximum absolute atomic E-state index is 12.9. The highest BCUT2D eigenvalue weighted by molar-refractivity contribution is 6.47. The maximum Gasteiger partial charge on any atom is 0.279 e. The predicted octanol–water partition coefficient (Wildman–Crippen LogP) is 0.0640. The van der Waals surface area contributed by atoms with E-state index in [1.54, 1.807) is 11.9 Å². The molecule has 0 radical (unpaired) electrons. The number of nitrogens with zero attached hydrogens (tertiary/aromatic N) is 3. The molecule has 194 valence electrons. The molecule has 11 nitrogen and oxygen atoms in total. The van der Waals surface area contributed by atoms with E-state index in [-0.39, 0.29) is 23.9 Å². The summed E-state index contributed by atoms with van der Waals surface area (Å²) in [7, 11) is 3.55. The first kappa shape index (κ1) is 27.0. The first-order valence-corrected chi connectivity index (χ1v) is 12.1. The molecule has 2 heterocycles. The van der Waals surface area contributed by atoms with Gasteiger partial charge in [0, 0.05) is 33.1 Å². The Morgan fingerprint density at radius 2 is 1.92 bits per heavy atom. The van der Waals surface area contributed by atoms with Crippen molar-refractivity contribution in [2.24, 2.45) is 4.99 Å². The van der Waals surface area contributed by atoms with Gasteiger partial charge in [-0.05, 0) is 44.0 Å². The average molecular weight is 498 g/mol. The number of aliphatic imine (C=N–C) groups is 1. The number of carbonyl (C=O) groups excluding carboxylic acids is 3. The molecule has 3 amide bonds. The molecule has 1 aromatic carbocycles. The highest BCUT2D eigenvalue weighted by Gasteiger charge is 2.37. The largest absolute Gasteiger partial charge is 0.388 e. The van der Waals surface area contributed by atoms with E-state index in [1.165, 1.54) is 11.2 Å². The third-order valence-electron chi connectivity index (χ3n) is 6.43. The fourth-order valence-electron chi connectivity index (χ4n) is 4.22. The van der Waals surface area contributed by atoms with E-state index in [1.807, 2.05) is 31.3 Å². The molecule has 0 aromatic heterocycles. The zero-order chi connectivity index (χ0) is 26.1. The molecule has 1 fully saturated rings. The van der Waals surface area contributed by atoms with Crippen LogP contribution in [0.15, 0.2) is 35.0 Å². The molecular weight excluding hydrogens is 462 g/mol. The van der Waals surface area contributed by atoms with E-state index in [0.29, 0.717) is 44.6 Å². The number of carbonyl (C=O) groups is 3. The van der Waals surface area contributed by atoms with Crippen LogP contribution < -0.4 is 16.0 Å². The second-order valence-electron chi connectivity index (χ2n) is 9.07. The van der Waals surface area contributed by atoms with Crippen molar-refractivity contribution >= 4 is 36.0 Å². The van der Waals surface area contributed by atoms with E-state index >= 15 is 0 Å². The summed E-state index contributed by atoms with van der Waals surface area (Å²) in [6.07, 6.45) is 4.06. The minimum Gasteiger partial charge on any atom is -0.388 e. The number of nitrogens with one attached hydrogen (secondary N) is 4. The Labute approximate surface area is 211 Å². The predicted molar refractivity (Wildman–Crippen MR) is 137 cm³/mol. The van der Waals surface area contributed by atoms with Crippen molar-refractivity contribution in [2.45, 2.75) is 37.8 Å². The maximum atomic E-state index is 12.9. The average Bonchev–Trinajstić information content (AvgIpc) is 2.88. The second kappa shape index (κ2) is 12.4. The van der Waals surface area contributed by atoms with E-state index < -0.39 is 11.5 Å². The van der Waals surface area contributed by atoms with Gasteiger partial charge in [0.05, 0.1) is 24.2 Å². The van der Waals surface area contributed by atoms with Gasteiger partial charge in [-0.2, -0.15) is 0 Å². The van der Waals surface area contributed by atoms with Crippen molar-refractivity contribution in [3.05, 3.63) is 41.1 Å². The lowest BCUT2D eigenvalue weighted by atomic mass is 9.91. The summed E-state index contributed by atoms with van der Waals surface area (Å²) in [5.74, 6) is -0.545. The van der Waals surface area contributed by atoms with Gasteiger partial charge >= 0.3 is 0 Å². The van der Waals surface area contributed by atoms with Gasteiger partial charge < -0.3 is 26.0 Å². The van der Waals surface area contributed by atoms with Crippen LogP contribution >= 0.6 is 0 Å². The SMILES string of the molecule is CNCCCC(=O)NCc1ccc(/C(NC)=C2\N=CN(CC3(O)CCN(C=O)CC3)C(=O)C2=N)cc1. The summed E-state index contributed by atoms with van der Waals surface area (Å²) in [6, 6.07) is 7.47. The van der Waals surface area contributed by atoms with Gasteiger partial charge in [-0.25, -0.2) is 4.99 Å². The number of hydrogen-bond acceptors (Lipinski definition) is 8. The zero-order valence-electron chi connectivity index (χ0n) is 20.8. The molecule has 0 bridgehead atoms. The number of benzene rings is 1. The first-order valence-electron chi connectivity index (χ1n) is 12.1. The fraction of sp³-hybridized carbons (Fsp3) is 0.480. The fourth-order valence-corrected chi connectivity index (χ4v) is 4.22. The minimum atomic E-state index is -1.13. The molecule has 1 aromatic rings. The Balaban J connectivity index is 1.67. The summed E-state index contributed by atoms with van der Waals surface area (Å²) < 4.78 is 0. The summed E-state index contributed by atoms with van der Waals surface area (Å²) in [4.78, 5) is 43.0. The highest BCUT2D eigenvalue weighted by Crippen LogP contribution is 2.25. The molecule has 0 unspecified atom stereocenters. The Bertz CT molecular complexity index is 1030. The number of β-amino-alcohol motifs (C(OH)–C–C–N with tert-alkyl or cyclic N) is 1. The highest BCUT2D eigenvalue weighted by atomic mass is 16.3. The Morgan fingerprint density at radius 1 is 1.22 bits per heavy atom. The first-order chi connectivity index (χ1) is 17.3. The molecule has 1 saturated heterocycles. The lowest BCUT2D eigenvalue weighted by molar-refractivity contribution is -0.128. The Hall–Kier alpha value is -3.57. The number of rotatable bonds is 11. The van der Waals surface area contributed by atoms with Crippen LogP contribution in [-0.4, -0.2) is 91.1 Å². The van der Waals surface area contributed by atoms with Crippen molar-refractivity contribution < 1.29 is 19.5 Å². The minimum absolute atomic E-state index is 0.000587. The van der Waals surface area contributed by atoms with Gasteiger partial charge in [-0.3, -0.25) is 24.7 Å². The molecular formula is C25H35N7O4. The summed E-state index contributed by atoms with van der Waals surface area (Å²) >= 11 is 0. The standard InChI is InChI=1S/C25H35N7O4/c1-27-11-3-4-20(34)29-14-18-5-7-19(8-6-18)22(28-2)23-21(26)24(35)32(16-30-23)15-25(36)9-12-31(17-33)13-10-25/h5-8,16-17,26-28,36H,3-4,9-15H2,1-2H3,(H,29,34)/b23-22+,26-21?. The molecule has 5 N–H and O–H groups in total. The molecule has 0 saturated carbocycles. The number of aliphatic hydroxyl groups is 1. The van der Waals surface area contributed by atoms with Gasteiger partial charge in [-0.15, -0.1) is 0 Å². The molecule has 0 aliphatic carbocycles. The number of likely N-dealkylation sites (tertiary alicyclic amines) is 1. The molecule has 2 aliphatic rings. The quantitative estimate of drug-likeness (QED) is 0.216. The van der Waals surface area contributed by atoms with Crippen LogP contribution in [0.4, 0.5) is 0 Å². The second-order valence-corrected chi connectivity index (χ2v) is 9.07. The van der Waals surface area contributed by atoms with Gasteiger partial charge in [-0.1, -0.05) is 24.3 Å². The summed E-state index contributed by atoms with van der Waals surface area (Å²) in [5.41, 5.74) is 1.02. The van der Waals surface area contributed by atoms with Crippen molar-refractivity contribution in [3.8, 4) is 0 Å². The van der Waals surface area contributed by atoms with Gasteiger partial charge in [0.25, 0.3) is 5.91 Å². The lowest BCUT2D eigenvalue weighted by Crippen LogP contribution is -2.53. The third-order valence-corrected chi connectivity index (χ3v) is 6.43. The van der Waals surface area contributed by atoms with Crippen LogP contribution in [-0.2, 0) is 20.9 Å². The molecule has 11 heteroatoms. The van der Waals surface area contributed by atoms with Crippen LogP contribution in [0.25, 0.3) is 5.70 Å². The Morgan fingerprint density at radius 3 is 2.53 bits per heavy atom.